The van der Waals surface area contributed by atoms with E-state index in [0.29, 0.717) is 5.75 Å². The standard InChI is InChI=1S/C16H14O3/c17-16(18)12-5-8-13(9-6-12)19-15-10-7-11-3-1-2-4-14(11)15/h1-6,8-9,15H,7,10H2,(H,17,18). The molecule has 0 heterocycles. The Morgan fingerprint density at radius 3 is 2.58 bits per heavy atom. The lowest BCUT2D eigenvalue weighted by atomic mass is 10.1. The zero-order valence-corrected chi connectivity index (χ0v) is 10.4. The molecule has 0 radical (unpaired) electrons. The van der Waals surface area contributed by atoms with E-state index < -0.39 is 5.97 Å². The van der Waals surface area contributed by atoms with Crippen LogP contribution >= 0.6 is 0 Å². The molecule has 0 spiro atoms. The summed E-state index contributed by atoms with van der Waals surface area (Å²) < 4.78 is 5.94. The smallest absolute Gasteiger partial charge is 0.335 e. The average Bonchev–Trinajstić information content (AvgIpc) is 2.83. The summed E-state index contributed by atoms with van der Waals surface area (Å²) >= 11 is 0. The summed E-state index contributed by atoms with van der Waals surface area (Å²) in [7, 11) is 0. The number of ether oxygens (including phenoxy) is 1. The summed E-state index contributed by atoms with van der Waals surface area (Å²) in [5.41, 5.74) is 2.86. The van der Waals surface area contributed by atoms with Crippen LogP contribution in [0.1, 0.15) is 34.0 Å². The van der Waals surface area contributed by atoms with Crippen LogP contribution in [0.4, 0.5) is 0 Å². The number of carbonyl (C=O) groups is 1. The van der Waals surface area contributed by atoms with Crippen LogP contribution in [0, 0.1) is 0 Å². The van der Waals surface area contributed by atoms with Gasteiger partial charge < -0.3 is 9.84 Å². The summed E-state index contributed by atoms with van der Waals surface area (Å²) in [4.78, 5) is 10.8. The Balaban J connectivity index is 1.78. The molecule has 0 aromatic heterocycles. The highest BCUT2D eigenvalue weighted by molar-refractivity contribution is 5.87. The fourth-order valence-electron chi connectivity index (χ4n) is 2.48. The SMILES string of the molecule is O=C(O)c1ccc(OC2CCc3ccccc32)cc1. The molecular weight excluding hydrogens is 240 g/mol. The van der Waals surface area contributed by atoms with Crippen LogP contribution in [0.5, 0.6) is 5.75 Å². The number of fused-ring (bicyclic) bond motifs is 1. The summed E-state index contributed by atoms with van der Waals surface area (Å²) in [6.07, 6.45) is 2.08. The van der Waals surface area contributed by atoms with Crippen LogP contribution in [-0.4, -0.2) is 11.1 Å². The van der Waals surface area contributed by atoms with Gasteiger partial charge in [-0.1, -0.05) is 24.3 Å². The molecule has 3 rings (SSSR count). The minimum Gasteiger partial charge on any atom is -0.486 e. The molecule has 0 aliphatic heterocycles. The molecule has 0 bridgehead atoms. The third-order valence-electron chi connectivity index (χ3n) is 3.46. The molecule has 96 valence electrons. The maximum absolute atomic E-state index is 10.8. The monoisotopic (exact) mass is 254 g/mol. The van der Waals surface area contributed by atoms with Crippen LogP contribution in [0.25, 0.3) is 0 Å². The molecule has 0 fully saturated rings. The second kappa shape index (κ2) is 4.76. The molecule has 19 heavy (non-hydrogen) atoms. The fourth-order valence-corrected chi connectivity index (χ4v) is 2.48. The van der Waals surface area contributed by atoms with E-state index in [2.05, 4.69) is 12.1 Å². The molecule has 1 unspecified atom stereocenters. The predicted molar refractivity (Wildman–Crippen MR) is 71.5 cm³/mol. The number of hydrogen-bond acceptors (Lipinski definition) is 2. The van der Waals surface area contributed by atoms with Gasteiger partial charge in [-0.2, -0.15) is 0 Å². The van der Waals surface area contributed by atoms with Crippen molar-refractivity contribution in [3.8, 4) is 5.75 Å². The Labute approximate surface area is 111 Å². The Morgan fingerprint density at radius 2 is 1.84 bits per heavy atom. The number of aryl methyl sites for hydroxylation is 1. The van der Waals surface area contributed by atoms with Crippen LogP contribution in [0.2, 0.25) is 0 Å². The highest BCUT2D eigenvalue weighted by atomic mass is 16.5. The van der Waals surface area contributed by atoms with Crippen molar-refractivity contribution >= 4 is 5.97 Å². The second-order valence-electron chi connectivity index (χ2n) is 4.67. The van der Waals surface area contributed by atoms with Gasteiger partial charge in [-0.3, -0.25) is 0 Å². The van der Waals surface area contributed by atoms with Crippen LogP contribution in [0.15, 0.2) is 48.5 Å². The van der Waals surface area contributed by atoms with Gasteiger partial charge in [-0.15, -0.1) is 0 Å². The highest BCUT2D eigenvalue weighted by Gasteiger charge is 2.23. The maximum atomic E-state index is 10.8. The molecule has 1 N–H and O–H groups in total. The van der Waals surface area contributed by atoms with Crippen molar-refractivity contribution in [1.82, 2.24) is 0 Å². The summed E-state index contributed by atoms with van der Waals surface area (Å²) in [5, 5.41) is 8.85. The summed E-state index contributed by atoms with van der Waals surface area (Å²) in [6, 6.07) is 14.9. The minimum absolute atomic E-state index is 0.0758. The zero-order chi connectivity index (χ0) is 13.2. The molecule has 3 nitrogen and oxygen atoms in total. The lowest BCUT2D eigenvalue weighted by Gasteiger charge is -2.14. The van der Waals surface area contributed by atoms with Crippen molar-refractivity contribution in [2.75, 3.05) is 0 Å². The predicted octanol–water partition coefficient (Wildman–Crippen LogP) is 3.45. The normalized spacial score (nSPS) is 16.9. The van der Waals surface area contributed by atoms with Gasteiger partial charge in [0.05, 0.1) is 5.56 Å². The van der Waals surface area contributed by atoms with Crippen molar-refractivity contribution in [3.05, 3.63) is 65.2 Å². The molecule has 1 atom stereocenters. The van der Waals surface area contributed by atoms with E-state index in [1.807, 2.05) is 12.1 Å². The van der Waals surface area contributed by atoms with E-state index in [4.69, 9.17) is 9.84 Å². The van der Waals surface area contributed by atoms with E-state index in [1.165, 1.54) is 11.1 Å². The Kier molecular flexibility index (Phi) is 2.95. The van der Waals surface area contributed by atoms with Gasteiger partial charge in [0, 0.05) is 0 Å². The van der Waals surface area contributed by atoms with Gasteiger partial charge in [0.1, 0.15) is 11.9 Å². The van der Waals surface area contributed by atoms with Crippen LogP contribution in [0.3, 0.4) is 0 Å². The first-order valence-corrected chi connectivity index (χ1v) is 6.32. The number of benzene rings is 2. The number of carboxylic acid groups (broad SMARTS) is 1. The molecular formula is C16H14O3. The first kappa shape index (κ1) is 11.8. The van der Waals surface area contributed by atoms with E-state index >= 15 is 0 Å². The number of aromatic carboxylic acids is 1. The van der Waals surface area contributed by atoms with Gasteiger partial charge in [0.15, 0.2) is 0 Å². The van der Waals surface area contributed by atoms with Gasteiger partial charge in [0.25, 0.3) is 0 Å². The van der Waals surface area contributed by atoms with Gasteiger partial charge >= 0.3 is 5.97 Å². The molecule has 3 heteroatoms. The Hall–Kier alpha value is -2.29. The first-order valence-electron chi connectivity index (χ1n) is 6.32. The summed E-state index contributed by atoms with van der Waals surface area (Å²) in [5.74, 6) is -0.204. The molecule has 1 aliphatic rings. The van der Waals surface area contributed by atoms with E-state index in [0.717, 1.165) is 12.8 Å². The minimum atomic E-state index is -0.919. The first-order chi connectivity index (χ1) is 9.24. The third kappa shape index (κ3) is 2.32. The third-order valence-corrected chi connectivity index (χ3v) is 3.46. The number of rotatable bonds is 3. The van der Waals surface area contributed by atoms with Crippen molar-refractivity contribution in [2.45, 2.75) is 18.9 Å². The van der Waals surface area contributed by atoms with Crippen LogP contribution < -0.4 is 4.74 Å². The Morgan fingerprint density at radius 1 is 1.11 bits per heavy atom. The largest absolute Gasteiger partial charge is 0.486 e. The van der Waals surface area contributed by atoms with Crippen molar-refractivity contribution < 1.29 is 14.6 Å². The molecule has 2 aromatic carbocycles. The summed E-state index contributed by atoms with van der Waals surface area (Å²) in [6.45, 7) is 0. The van der Waals surface area contributed by atoms with E-state index in [-0.39, 0.29) is 11.7 Å². The van der Waals surface area contributed by atoms with E-state index in [1.54, 1.807) is 24.3 Å². The van der Waals surface area contributed by atoms with Crippen LogP contribution in [-0.2, 0) is 6.42 Å². The average molecular weight is 254 g/mol. The maximum Gasteiger partial charge on any atom is 0.335 e. The lowest BCUT2D eigenvalue weighted by molar-refractivity contribution is 0.0697. The zero-order valence-electron chi connectivity index (χ0n) is 10.4. The Bertz CT molecular complexity index is 602. The number of hydrogen-bond donors (Lipinski definition) is 1. The highest BCUT2D eigenvalue weighted by Crippen LogP contribution is 2.34. The molecule has 0 saturated heterocycles. The lowest BCUT2D eigenvalue weighted by Crippen LogP contribution is -2.03. The molecule has 0 amide bonds. The quantitative estimate of drug-likeness (QED) is 0.912. The molecule has 0 saturated carbocycles. The van der Waals surface area contributed by atoms with E-state index in [9.17, 15) is 4.79 Å². The van der Waals surface area contributed by atoms with Gasteiger partial charge in [-0.25, -0.2) is 4.79 Å². The van der Waals surface area contributed by atoms with Crippen molar-refractivity contribution in [3.63, 3.8) is 0 Å². The molecule has 2 aromatic rings. The van der Waals surface area contributed by atoms with Gasteiger partial charge in [0.2, 0.25) is 0 Å². The molecule has 1 aliphatic carbocycles. The topological polar surface area (TPSA) is 46.5 Å². The van der Waals surface area contributed by atoms with Crippen molar-refractivity contribution in [2.24, 2.45) is 0 Å². The van der Waals surface area contributed by atoms with Gasteiger partial charge in [-0.05, 0) is 48.2 Å². The second-order valence-corrected chi connectivity index (χ2v) is 4.67. The van der Waals surface area contributed by atoms with Crippen molar-refractivity contribution in [1.29, 1.82) is 0 Å². The number of carboxylic acids is 1. The fraction of sp³-hybridized carbons (Fsp3) is 0.188.